The Bertz CT molecular complexity index is 106. The first-order valence-corrected chi connectivity index (χ1v) is 4.16. The number of hydrogen-bond donors (Lipinski definition) is 1. The van der Waals surface area contributed by atoms with Crippen molar-refractivity contribution in [1.82, 2.24) is 5.32 Å². The van der Waals surface area contributed by atoms with Crippen molar-refractivity contribution in [3.05, 3.63) is 0 Å². The molecule has 0 aromatic heterocycles. The molecule has 2 aliphatic rings. The van der Waals surface area contributed by atoms with Gasteiger partial charge in [-0.05, 0) is 13.3 Å². The topological polar surface area (TPSA) is 21.3 Å². The van der Waals surface area contributed by atoms with Crippen molar-refractivity contribution in [3.8, 4) is 0 Å². The van der Waals surface area contributed by atoms with Crippen LogP contribution in [0.15, 0.2) is 0 Å². The maximum atomic E-state index is 5.48. The SMILES string of the molecule is CC.C[C@@]12CN[C@@H](CO1)C2. The number of fused-ring (bicyclic) bond motifs is 2. The van der Waals surface area contributed by atoms with Crippen molar-refractivity contribution in [2.75, 3.05) is 13.2 Å². The molecule has 0 aliphatic carbocycles. The van der Waals surface area contributed by atoms with Gasteiger partial charge < -0.3 is 10.1 Å². The van der Waals surface area contributed by atoms with Crippen LogP contribution in [0.5, 0.6) is 0 Å². The Morgan fingerprint density at radius 1 is 1.50 bits per heavy atom. The lowest BCUT2D eigenvalue weighted by atomic mass is 10.1. The summed E-state index contributed by atoms with van der Waals surface area (Å²) >= 11 is 0. The lowest BCUT2D eigenvalue weighted by molar-refractivity contribution is 0.00903. The Kier molecular flexibility index (Phi) is 2.32. The van der Waals surface area contributed by atoms with E-state index in [0.717, 1.165) is 13.2 Å². The second-order valence-corrected chi connectivity index (χ2v) is 3.04. The fourth-order valence-electron chi connectivity index (χ4n) is 1.56. The van der Waals surface area contributed by atoms with Gasteiger partial charge in [0.1, 0.15) is 0 Å². The van der Waals surface area contributed by atoms with Crippen LogP contribution in [0.2, 0.25) is 0 Å². The molecular weight excluding hydrogens is 126 g/mol. The first kappa shape index (κ1) is 8.02. The minimum atomic E-state index is 0.199. The molecule has 0 radical (unpaired) electrons. The quantitative estimate of drug-likeness (QED) is 0.549. The van der Waals surface area contributed by atoms with E-state index in [1.54, 1.807) is 0 Å². The van der Waals surface area contributed by atoms with Crippen LogP contribution in [-0.4, -0.2) is 24.8 Å². The van der Waals surface area contributed by atoms with Gasteiger partial charge in [0.15, 0.2) is 0 Å². The number of morpholine rings is 1. The van der Waals surface area contributed by atoms with Gasteiger partial charge in [-0.25, -0.2) is 0 Å². The van der Waals surface area contributed by atoms with Crippen molar-refractivity contribution in [2.24, 2.45) is 0 Å². The summed E-state index contributed by atoms with van der Waals surface area (Å²) in [6.45, 7) is 8.15. The molecule has 2 atom stereocenters. The van der Waals surface area contributed by atoms with Gasteiger partial charge >= 0.3 is 0 Å². The maximum absolute atomic E-state index is 5.48. The smallest absolute Gasteiger partial charge is 0.0794 e. The van der Waals surface area contributed by atoms with Gasteiger partial charge in [-0.15, -0.1) is 0 Å². The molecule has 0 aromatic carbocycles. The van der Waals surface area contributed by atoms with E-state index in [-0.39, 0.29) is 5.60 Å². The average Bonchev–Trinajstić information content (AvgIpc) is 2.49. The molecule has 0 unspecified atom stereocenters. The normalized spacial score (nSPS) is 42.9. The van der Waals surface area contributed by atoms with Gasteiger partial charge in [-0.1, -0.05) is 13.8 Å². The molecule has 0 saturated carbocycles. The van der Waals surface area contributed by atoms with Crippen LogP contribution >= 0.6 is 0 Å². The summed E-state index contributed by atoms with van der Waals surface area (Å²) in [5.41, 5.74) is 0.199. The molecule has 0 spiro atoms. The van der Waals surface area contributed by atoms with Crippen LogP contribution in [0.3, 0.4) is 0 Å². The Labute approximate surface area is 63.0 Å². The molecule has 1 N–H and O–H groups in total. The van der Waals surface area contributed by atoms with Gasteiger partial charge in [0.2, 0.25) is 0 Å². The highest BCUT2D eigenvalue weighted by molar-refractivity contribution is 4.97. The van der Waals surface area contributed by atoms with Crippen molar-refractivity contribution in [1.29, 1.82) is 0 Å². The largest absolute Gasteiger partial charge is 0.372 e. The second kappa shape index (κ2) is 2.89. The van der Waals surface area contributed by atoms with Crippen LogP contribution in [0.25, 0.3) is 0 Å². The summed E-state index contributed by atoms with van der Waals surface area (Å²) in [7, 11) is 0. The van der Waals surface area contributed by atoms with E-state index in [0.29, 0.717) is 6.04 Å². The van der Waals surface area contributed by atoms with E-state index in [1.807, 2.05) is 13.8 Å². The lowest BCUT2D eigenvalue weighted by Crippen LogP contribution is -2.36. The highest BCUT2D eigenvalue weighted by Crippen LogP contribution is 2.29. The zero-order chi connectivity index (χ0) is 7.61. The minimum Gasteiger partial charge on any atom is -0.372 e. The van der Waals surface area contributed by atoms with Gasteiger partial charge in [-0.3, -0.25) is 0 Å². The maximum Gasteiger partial charge on any atom is 0.0794 e. The van der Waals surface area contributed by atoms with E-state index in [1.165, 1.54) is 6.42 Å². The van der Waals surface area contributed by atoms with E-state index in [2.05, 4.69) is 12.2 Å². The summed E-state index contributed by atoms with van der Waals surface area (Å²) in [5.74, 6) is 0. The van der Waals surface area contributed by atoms with Crippen LogP contribution in [0.1, 0.15) is 27.2 Å². The summed E-state index contributed by atoms with van der Waals surface area (Å²) in [5, 5.41) is 3.37. The van der Waals surface area contributed by atoms with Gasteiger partial charge in [-0.2, -0.15) is 0 Å². The summed E-state index contributed by atoms with van der Waals surface area (Å²) in [6, 6.07) is 0.667. The zero-order valence-corrected chi connectivity index (χ0v) is 7.11. The third-order valence-electron chi connectivity index (χ3n) is 2.08. The van der Waals surface area contributed by atoms with Gasteiger partial charge in [0.25, 0.3) is 0 Å². The van der Waals surface area contributed by atoms with Crippen molar-refractivity contribution >= 4 is 0 Å². The predicted octanol–water partition coefficient (Wildman–Crippen LogP) is 1.16. The summed E-state index contributed by atoms with van der Waals surface area (Å²) < 4.78 is 5.48. The molecule has 2 nitrogen and oxygen atoms in total. The number of nitrogens with one attached hydrogen (secondary N) is 1. The highest BCUT2D eigenvalue weighted by atomic mass is 16.5. The van der Waals surface area contributed by atoms with E-state index >= 15 is 0 Å². The van der Waals surface area contributed by atoms with Crippen LogP contribution in [-0.2, 0) is 4.74 Å². The molecule has 60 valence electrons. The highest BCUT2D eigenvalue weighted by Gasteiger charge is 2.41. The summed E-state index contributed by atoms with van der Waals surface area (Å²) in [6.07, 6.45) is 1.22. The summed E-state index contributed by atoms with van der Waals surface area (Å²) in [4.78, 5) is 0. The van der Waals surface area contributed by atoms with Crippen molar-refractivity contribution in [3.63, 3.8) is 0 Å². The monoisotopic (exact) mass is 143 g/mol. The molecule has 2 aliphatic heterocycles. The van der Waals surface area contributed by atoms with Crippen LogP contribution in [0, 0.1) is 0 Å². The van der Waals surface area contributed by atoms with Crippen molar-refractivity contribution in [2.45, 2.75) is 38.8 Å². The fourth-order valence-corrected chi connectivity index (χ4v) is 1.56. The molecule has 2 heterocycles. The zero-order valence-electron chi connectivity index (χ0n) is 7.11. The second-order valence-electron chi connectivity index (χ2n) is 3.04. The molecule has 0 aromatic rings. The lowest BCUT2D eigenvalue weighted by Gasteiger charge is -2.20. The minimum absolute atomic E-state index is 0.199. The van der Waals surface area contributed by atoms with Crippen LogP contribution in [0.4, 0.5) is 0 Å². The van der Waals surface area contributed by atoms with E-state index in [4.69, 9.17) is 4.74 Å². The molecule has 2 saturated heterocycles. The van der Waals surface area contributed by atoms with Gasteiger partial charge in [0.05, 0.1) is 12.2 Å². The fraction of sp³-hybridized carbons (Fsp3) is 1.00. The first-order valence-electron chi connectivity index (χ1n) is 4.16. The third kappa shape index (κ3) is 1.32. The molecule has 2 bridgehead atoms. The molecule has 2 heteroatoms. The predicted molar refractivity (Wildman–Crippen MR) is 42.1 cm³/mol. The standard InChI is InChI=1S/C6H11NO.C2H6/c1-6-2-5(3-8-6)7-4-6;1-2/h5,7H,2-4H2,1H3;1-2H3/t5-,6-;/m1./s1. The molecular formula is C8H17NO. The molecule has 2 fully saturated rings. The Morgan fingerprint density at radius 3 is 2.30 bits per heavy atom. The Balaban J connectivity index is 0.000000231. The molecule has 10 heavy (non-hydrogen) atoms. The Hall–Kier alpha value is -0.0800. The Morgan fingerprint density at radius 2 is 2.20 bits per heavy atom. The first-order chi connectivity index (χ1) is 4.79. The molecule has 0 amide bonds. The van der Waals surface area contributed by atoms with E-state index in [9.17, 15) is 0 Å². The average molecular weight is 143 g/mol. The number of ether oxygens (including phenoxy) is 1. The van der Waals surface area contributed by atoms with Crippen molar-refractivity contribution < 1.29 is 4.74 Å². The van der Waals surface area contributed by atoms with E-state index < -0.39 is 0 Å². The van der Waals surface area contributed by atoms with Gasteiger partial charge in [0, 0.05) is 12.6 Å². The third-order valence-corrected chi connectivity index (χ3v) is 2.08. The number of hydrogen-bond acceptors (Lipinski definition) is 2. The number of rotatable bonds is 0. The molecule has 2 rings (SSSR count). The van der Waals surface area contributed by atoms with Crippen LogP contribution < -0.4 is 5.32 Å².